The van der Waals surface area contributed by atoms with E-state index in [1.807, 2.05) is 31.2 Å². The number of piperidine rings is 1. The average Bonchev–Trinajstić information content (AvgIpc) is 2.29. The highest BCUT2D eigenvalue weighted by atomic mass is 79.9. The molecule has 2 unspecified atom stereocenters. The Bertz CT molecular complexity index is 448. The van der Waals surface area contributed by atoms with E-state index < -0.39 is 11.7 Å². The molecule has 1 amide bonds. The number of hydrogen-bond donors (Lipinski definition) is 2. The summed E-state index contributed by atoms with van der Waals surface area (Å²) in [5.74, 6) is 0. The summed E-state index contributed by atoms with van der Waals surface area (Å²) in [6.07, 6.45) is -0.0491. The van der Waals surface area contributed by atoms with Crippen LogP contribution >= 0.6 is 15.9 Å². The summed E-state index contributed by atoms with van der Waals surface area (Å²) in [4.78, 5) is 12.4. The fourth-order valence-electron chi connectivity index (χ4n) is 2.53. The van der Waals surface area contributed by atoms with Crippen LogP contribution in [0.15, 0.2) is 28.7 Å². The molecule has 0 spiro atoms. The normalized spacial score (nSPS) is 28.2. The lowest BCUT2D eigenvalue weighted by Gasteiger charge is -2.41. The highest BCUT2D eigenvalue weighted by Gasteiger charge is 2.39. The van der Waals surface area contributed by atoms with Crippen LogP contribution in [-0.2, 0) is 5.60 Å². The van der Waals surface area contributed by atoms with Gasteiger partial charge in [-0.2, -0.15) is 0 Å². The van der Waals surface area contributed by atoms with Crippen LogP contribution in [0.3, 0.4) is 0 Å². The SMILES string of the molecule is CC1CC(O)(c2ccc(Br)cc2)CCN1C(=O)O. The minimum atomic E-state index is -0.925. The Hall–Kier alpha value is -1.07. The molecule has 0 aromatic heterocycles. The Morgan fingerprint density at radius 2 is 2.06 bits per heavy atom. The first-order valence-corrected chi connectivity index (χ1v) is 6.70. The van der Waals surface area contributed by atoms with Gasteiger partial charge in [0.15, 0.2) is 0 Å². The van der Waals surface area contributed by atoms with Crippen LogP contribution in [0.1, 0.15) is 25.3 Å². The fourth-order valence-corrected chi connectivity index (χ4v) is 2.80. The maximum atomic E-state index is 11.0. The molecule has 4 nitrogen and oxygen atoms in total. The number of hydrogen-bond acceptors (Lipinski definition) is 2. The molecular formula is C13H16BrNO3. The Balaban J connectivity index is 2.19. The molecule has 1 aromatic rings. The molecule has 0 bridgehead atoms. The van der Waals surface area contributed by atoms with Gasteiger partial charge in [0, 0.05) is 23.5 Å². The van der Waals surface area contributed by atoms with Crippen LogP contribution in [-0.4, -0.2) is 33.8 Å². The van der Waals surface area contributed by atoms with Crippen LogP contribution in [0.5, 0.6) is 0 Å². The number of aliphatic hydroxyl groups is 1. The molecule has 1 saturated heterocycles. The maximum absolute atomic E-state index is 11.0. The Labute approximate surface area is 114 Å². The molecule has 0 radical (unpaired) electrons. The van der Waals surface area contributed by atoms with Gasteiger partial charge in [-0.15, -0.1) is 0 Å². The standard InChI is InChI=1S/C13H16BrNO3/c1-9-8-13(18,6-7-15(9)12(16)17)10-2-4-11(14)5-3-10/h2-5,9,18H,6-8H2,1H3,(H,16,17). The zero-order valence-electron chi connectivity index (χ0n) is 10.1. The van der Waals surface area contributed by atoms with Crippen LogP contribution < -0.4 is 0 Å². The third kappa shape index (κ3) is 2.52. The summed E-state index contributed by atoms with van der Waals surface area (Å²) < 4.78 is 0.964. The highest BCUT2D eigenvalue weighted by molar-refractivity contribution is 9.10. The van der Waals surface area contributed by atoms with Crippen molar-refractivity contribution in [2.24, 2.45) is 0 Å². The maximum Gasteiger partial charge on any atom is 0.407 e. The van der Waals surface area contributed by atoms with Gasteiger partial charge in [-0.25, -0.2) is 4.79 Å². The number of nitrogens with zero attached hydrogens (tertiary/aromatic N) is 1. The molecule has 1 aliphatic heterocycles. The summed E-state index contributed by atoms with van der Waals surface area (Å²) >= 11 is 3.36. The Morgan fingerprint density at radius 3 is 2.56 bits per heavy atom. The zero-order valence-corrected chi connectivity index (χ0v) is 11.7. The molecule has 1 heterocycles. The lowest BCUT2D eigenvalue weighted by atomic mass is 9.81. The summed E-state index contributed by atoms with van der Waals surface area (Å²) in [6, 6.07) is 7.37. The molecule has 1 aromatic carbocycles. The molecule has 2 rings (SSSR count). The van der Waals surface area contributed by atoms with E-state index in [-0.39, 0.29) is 6.04 Å². The number of rotatable bonds is 1. The van der Waals surface area contributed by atoms with E-state index in [4.69, 9.17) is 5.11 Å². The second kappa shape index (κ2) is 4.90. The van der Waals surface area contributed by atoms with Crippen molar-refractivity contribution in [1.29, 1.82) is 0 Å². The van der Waals surface area contributed by atoms with E-state index in [1.54, 1.807) is 0 Å². The third-order valence-corrected chi connectivity index (χ3v) is 4.09. The first-order valence-electron chi connectivity index (χ1n) is 5.90. The third-order valence-electron chi connectivity index (χ3n) is 3.56. The number of likely N-dealkylation sites (tertiary alicyclic amines) is 1. The number of carbonyl (C=O) groups is 1. The van der Waals surface area contributed by atoms with E-state index in [1.165, 1.54) is 4.90 Å². The van der Waals surface area contributed by atoms with Gasteiger partial charge in [0.05, 0.1) is 5.60 Å². The van der Waals surface area contributed by atoms with Crippen LogP contribution in [0, 0.1) is 0 Å². The first kappa shape index (κ1) is 13.4. The van der Waals surface area contributed by atoms with E-state index in [9.17, 15) is 9.90 Å². The van der Waals surface area contributed by atoms with Crippen molar-refractivity contribution in [3.63, 3.8) is 0 Å². The topological polar surface area (TPSA) is 60.8 Å². The number of benzene rings is 1. The van der Waals surface area contributed by atoms with Crippen LogP contribution in [0.25, 0.3) is 0 Å². The van der Waals surface area contributed by atoms with E-state index in [0.29, 0.717) is 19.4 Å². The molecule has 1 fully saturated rings. The van der Waals surface area contributed by atoms with Gasteiger partial charge < -0.3 is 15.1 Å². The predicted octanol–water partition coefficient (Wildman–Crippen LogP) is 2.80. The Kier molecular flexibility index (Phi) is 3.64. The number of amides is 1. The van der Waals surface area contributed by atoms with Gasteiger partial charge in [0.25, 0.3) is 0 Å². The molecular weight excluding hydrogens is 298 g/mol. The van der Waals surface area contributed by atoms with Gasteiger partial charge in [0.1, 0.15) is 0 Å². The van der Waals surface area contributed by atoms with E-state index >= 15 is 0 Å². The quantitative estimate of drug-likeness (QED) is 0.838. The summed E-state index contributed by atoms with van der Waals surface area (Å²) in [7, 11) is 0. The Morgan fingerprint density at radius 1 is 1.44 bits per heavy atom. The average molecular weight is 314 g/mol. The number of halogens is 1. The summed E-state index contributed by atoms with van der Waals surface area (Å²) in [5, 5.41) is 19.7. The first-order chi connectivity index (χ1) is 8.42. The number of carboxylic acid groups (broad SMARTS) is 1. The van der Waals surface area contributed by atoms with Crippen molar-refractivity contribution in [2.75, 3.05) is 6.54 Å². The molecule has 2 atom stereocenters. The predicted molar refractivity (Wildman–Crippen MR) is 71.5 cm³/mol. The monoisotopic (exact) mass is 313 g/mol. The van der Waals surface area contributed by atoms with E-state index in [2.05, 4.69) is 15.9 Å². The van der Waals surface area contributed by atoms with Crippen LogP contribution in [0.4, 0.5) is 4.79 Å². The second-order valence-corrected chi connectivity index (χ2v) is 5.73. The second-order valence-electron chi connectivity index (χ2n) is 4.82. The van der Waals surface area contributed by atoms with Crippen molar-refractivity contribution < 1.29 is 15.0 Å². The molecule has 0 aliphatic carbocycles. The summed E-state index contributed by atoms with van der Waals surface area (Å²) in [5.41, 5.74) is -0.0749. The lowest BCUT2D eigenvalue weighted by Crippen LogP contribution is -2.49. The van der Waals surface area contributed by atoms with Gasteiger partial charge in [-0.1, -0.05) is 28.1 Å². The van der Waals surface area contributed by atoms with Gasteiger partial charge in [-0.05, 0) is 31.0 Å². The lowest BCUT2D eigenvalue weighted by molar-refractivity contribution is -0.0411. The molecule has 2 N–H and O–H groups in total. The molecule has 0 saturated carbocycles. The van der Waals surface area contributed by atoms with Crippen LogP contribution in [0.2, 0.25) is 0 Å². The van der Waals surface area contributed by atoms with E-state index in [0.717, 1.165) is 10.0 Å². The largest absolute Gasteiger partial charge is 0.465 e. The van der Waals surface area contributed by atoms with Crippen molar-refractivity contribution in [1.82, 2.24) is 4.90 Å². The van der Waals surface area contributed by atoms with Crippen molar-refractivity contribution in [2.45, 2.75) is 31.4 Å². The molecule has 1 aliphatic rings. The van der Waals surface area contributed by atoms with Gasteiger partial charge in [-0.3, -0.25) is 0 Å². The molecule has 18 heavy (non-hydrogen) atoms. The van der Waals surface area contributed by atoms with Crippen molar-refractivity contribution in [3.8, 4) is 0 Å². The van der Waals surface area contributed by atoms with Gasteiger partial charge >= 0.3 is 6.09 Å². The minimum absolute atomic E-state index is 0.176. The zero-order chi connectivity index (χ0) is 13.3. The highest BCUT2D eigenvalue weighted by Crippen LogP contribution is 2.36. The minimum Gasteiger partial charge on any atom is -0.465 e. The van der Waals surface area contributed by atoms with Crippen molar-refractivity contribution in [3.05, 3.63) is 34.3 Å². The van der Waals surface area contributed by atoms with Gasteiger partial charge in [0.2, 0.25) is 0 Å². The summed E-state index contributed by atoms with van der Waals surface area (Å²) in [6.45, 7) is 2.19. The smallest absolute Gasteiger partial charge is 0.407 e. The molecule has 5 heteroatoms. The fraction of sp³-hybridized carbons (Fsp3) is 0.462. The van der Waals surface area contributed by atoms with Crippen molar-refractivity contribution >= 4 is 22.0 Å². The molecule has 98 valence electrons.